The van der Waals surface area contributed by atoms with Crippen molar-refractivity contribution < 1.29 is 44.9 Å². The summed E-state index contributed by atoms with van der Waals surface area (Å²) in [5.41, 5.74) is 3.16. The molecule has 7 atom stereocenters. The number of benzene rings is 4. The van der Waals surface area contributed by atoms with Crippen LogP contribution in [0.15, 0.2) is 115 Å². The molecule has 1 aliphatic rings. The number of methoxy groups -OCH3 is 1. The number of Topliss-reactive ketones (excluding diaryl/α,β-unsaturated/α-hetero) is 2. The summed E-state index contributed by atoms with van der Waals surface area (Å²) in [6.07, 6.45) is -8.71. The number of aliphatic hydroxyl groups is 2. The van der Waals surface area contributed by atoms with Gasteiger partial charge in [-0.05, 0) is 41.3 Å². The van der Waals surface area contributed by atoms with E-state index in [0.29, 0.717) is 11.3 Å². The Morgan fingerprint density at radius 2 is 1.24 bits per heavy atom. The molecule has 1 fully saturated rings. The van der Waals surface area contributed by atoms with E-state index in [1.807, 2.05) is 103 Å². The monoisotopic (exact) mass is 669 g/mol. The molecule has 9 nitrogen and oxygen atoms in total. The minimum absolute atomic E-state index is 0.0526. The summed E-state index contributed by atoms with van der Waals surface area (Å²) in [4.78, 5) is 25.3. The zero-order valence-electron chi connectivity index (χ0n) is 28.7. The molecule has 258 valence electrons. The number of carbonyl (C=O) groups is 2. The number of ketones is 2. The number of carbonyl (C=O) groups excluding carboxylic acids is 2. The minimum Gasteiger partial charge on any atom is -0.497 e. The summed E-state index contributed by atoms with van der Waals surface area (Å²) in [5.74, 6) is -2.76. The van der Waals surface area contributed by atoms with E-state index in [1.165, 1.54) is 6.92 Å². The van der Waals surface area contributed by atoms with E-state index in [1.54, 1.807) is 19.2 Å². The van der Waals surface area contributed by atoms with Crippen molar-refractivity contribution in [2.24, 2.45) is 0 Å². The smallest absolute Gasteiger partial charge is 0.199 e. The van der Waals surface area contributed by atoms with Crippen molar-refractivity contribution in [3.63, 3.8) is 0 Å². The first-order valence-electron chi connectivity index (χ1n) is 16.9. The van der Waals surface area contributed by atoms with Gasteiger partial charge in [0.15, 0.2) is 11.6 Å². The maximum Gasteiger partial charge on any atom is 0.199 e. The Morgan fingerprint density at radius 3 is 1.78 bits per heavy atom. The van der Waals surface area contributed by atoms with Crippen LogP contribution in [0.3, 0.4) is 0 Å². The van der Waals surface area contributed by atoms with Crippen LogP contribution in [0.25, 0.3) is 0 Å². The molecule has 4 aromatic carbocycles. The van der Waals surface area contributed by atoms with Gasteiger partial charge < -0.3 is 38.7 Å². The molecule has 1 heterocycles. The maximum absolute atomic E-state index is 13.5. The number of rotatable bonds is 17. The number of hydrogen-bond acceptors (Lipinski definition) is 9. The molecule has 0 bridgehead atoms. The largest absolute Gasteiger partial charge is 0.497 e. The van der Waals surface area contributed by atoms with Crippen molar-refractivity contribution in [2.45, 2.75) is 82.3 Å². The van der Waals surface area contributed by atoms with Gasteiger partial charge in [0.1, 0.15) is 42.1 Å². The van der Waals surface area contributed by atoms with Gasteiger partial charge in [-0.2, -0.15) is 0 Å². The Balaban J connectivity index is 1.57. The van der Waals surface area contributed by atoms with E-state index >= 15 is 0 Å². The SMILES string of the molecule is [2H]C(CC(=O)C(O)[C@H]1OC(O)(Cc2ccccc2)[C@H](OCc2ccc(OC)cc2)[C@@H](OCc2ccccc2)[C@H]1OCc1ccccc1)C(C)=O. The van der Waals surface area contributed by atoms with E-state index in [4.69, 9.17) is 25.1 Å². The fourth-order valence-corrected chi connectivity index (χ4v) is 5.85. The highest BCUT2D eigenvalue weighted by Crippen LogP contribution is 2.39. The predicted octanol–water partition coefficient (Wildman–Crippen LogP) is 5.38. The highest BCUT2D eigenvalue weighted by molar-refractivity contribution is 5.88. The molecular formula is C40H44O9. The lowest BCUT2D eigenvalue weighted by Crippen LogP contribution is -2.69. The average molecular weight is 670 g/mol. The van der Waals surface area contributed by atoms with Crippen molar-refractivity contribution in [3.8, 4) is 5.75 Å². The first kappa shape index (κ1) is 34.6. The molecule has 49 heavy (non-hydrogen) atoms. The van der Waals surface area contributed by atoms with Crippen molar-refractivity contribution in [3.05, 3.63) is 138 Å². The van der Waals surface area contributed by atoms with Crippen LogP contribution in [0, 0.1) is 0 Å². The zero-order valence-corrected chi connectivity index (χ0v) is 27.7. The fraction of sp³-hybridized carbons (Fsp3) is 0.350. The third-order valence-corrected chi connectivity index (χ3v) is 8.42. The van der Waals surface area contributed by atoms with Gasteiger partial charge in [-0.15, -0.1) is 0 Å². The molecule has 0 spiro atoms. The second-order valence-electron chi connectivity index (χ2n) is 12.1. The lowest BCUT2D eigenvalue weighted by Gasteiger charge is -2.51. The summed E-state index contributed by atoms with van der Waals surface area (Å²) in [6.45, 7) is 1.43. The molecule has 5 rings (SSSR count). The average Bonchev–Trinajstić information content (AvgIpc) is 3.13. The van der Waals surface area contributed by atoms with Gasteiger partial charge in [0.2, 0.25) is 0 Å². The normalized spacial score (nSPS) is 23.6. The van der Waals surface area contributed by atoms with Gasteiger partial charge in [-0.25, -0.2) is 0 Å². The van der Waals surface area contributed by atoms with Crippen molar-refractivity contribution in [1.29, 1.82) is 0 Å². The molecule has 0 aromatic heterocycles. The van der Waals surface area contributed by atoms with Gasteiger partial charge in [-0.3, -0.25) is 4.79 Å². The predicted molar refractivity (Wildman–Crippen MR) is 183 cm³/mol. The molecule has 0 saturated carbocycles. The van der Waals surface area contributed by atoms with Gasteiger partial charge in [0.05, 0.1) is 26.9 Å². The molecule has 0 radical (unpaired) electrons. The quantitative estimate of drug-likeness (QED) is 0.153. The summed E-state index contributed by atoms with van der Waals surface area (Å²) < 4.78 is 39.4. The third kappa shape index (κ3) is 9.92. The Bertz CT molecular complexity index is 1640. The van der Waals surface area contributed by atoms with Gasteiger partial charge in [0, 0.05) is 20.6 Å². The Hall–Kier alpha value is -4.22. The van der Waals surface area contributed by atoms with Crippen LogP contribution in [-0.2, 0) is 54.8 Å². The van der Waals surface area contributed by atoms with Crippen LogP contribution in [0.5, 0.6) is 5.75 Å². The van der Waals surface area contributed by atoms with Crippen LogP contribution in [0.2, 0.25) is 0 Å². The summed E-state index contributed by atoms with van der Waals surface area (Å²) in [6, 6.07) is 35.3. The van der Waals surface area contributed by atoms with Crippen molar-refractivity contribution in [1.82, 2.24) is 0 Å². The van der Waals surface area contributed by atoms with Crippen LogP contribution in [-0.4, -0.2) is 65.2 Å². The van der Waals surface area contributed by atoms with E-state index < -0.39 is 60.7 Å². The second-order valence-corrected chi connectivity index (χ2v) is 12.1. The lowest BCUT2D eigenvalue weighted by molar-refractivity contribution is -0.373. The number of ether oxygens (including phenoxy) is 5. The minimum atomic E-state index is -2.13. The molecule has 3 unspecified atom stereocenters. The van der Waals surface area contributed by atoms with Gasteiger partial charge in [-0.1, -0.05) is 103 Å². The summed E-state index contributed by atoms with van der Waals surface area (Å²) in [5, 5.41) is 24.2. The fourth-order valence-electron chi connectivity index (χ4n) is 5.85. The standard InChI is InChI=1S/C40H44O9/c1-28(41)18-23-34(42)35(43)36-37(46-25-30-14-8-4-9-15-30)38(47-26-31-16-10-5-11-17-31)39(48-27-32-19-21-33(45-2)22-20-32)40(44,49-36)24-29-12-6-3-7-13-29/h3-17,19-22,35-39,43-44H,18,23-27H2,1-2H3/t35?,36-,37+,38+,39-,40?/m1/s1/i18D/t18?,35?,36-,37+,38+,39-,40?. The topological polar surface area (TPSA) is 121 Å². The van der Waals surface area contributed by atoms with Gasteiger partial charge >= 0.3 is 0 Å². The molecule has 1 aliphatic heterocycles. The zero-order chi connectivity index (χ0) is 35.5. The molecule has 4 aromatic rings. The van der Waals surface area contributed by atoms with Crippen molar-refractivity contribution >= 4 is 11.6 Å². The molecule has 2 N–H and O–H groups in total. The van der Waals surface area contributed by atoms with Crippen LogP contribution < -0.4 is 4.74 Å². The third-order valence-electron chi connectivity index (χ3n) is 8.42. The molecule has 0 amide bonds. The van der Waals surface area contributed by atoms with E-state index in [2.05, 4.69) is 0 Å². The molecule has 1 saturated heterocycles. The molecule has 0 aliphatic carbocycles. The van der Waals surface area contributed by atoms with E-state index in [-0.39, 0.29) is 26.2 Å². The lowest BCUT2D eigenvalue weighted by atomic mass is 9.85. The van der Waals surface area contributed by atoms with Gasteiger partial charge in [0.25, 0.3) is 0 Å². The molecular weight excluding hydrogens is 624 g/mol. The first-order chi connectivity index (χ1) is 24.2. The Kier molecular flexibility index (Phi) is 12.3. The Labute approximate surface area is 288 Å². The van der Waals surface area contributed by atoms with Crippen LogP contribution in [0.1, 0.15) is 43.4 Å². The summed E-state index contributed by atoms with van der Waals surface area (Å²) >= 11 is 0. The van der Waals surface area contributed by atoms with Crippen LogP contribution in [0.4, 0.5) is 0 Å². The van der Waals surface area contributed by atoms with E-state index in [0.717, 1.165) is 16.7 Å². The number of aliphatic hydroxyl groups excluding tert-OH is 1. The highest BCUT2D eigenvalue weighted by Gasteiger charge is 2.58. The Morgan fingerprint density at radius 1 is 0.755 bits per heavy atom. The maximum atomic E-state index is 13.5. The van der Waals surface area contributed by atoms with Crippen LogP contribution >= 0.6 is 0 Å². The molecule has 9 heteroatoms. The van der Waals surface area contributed by atoms with E-state index in [9.17, 15) is 19.8 Å². The second kappa shape index (κ2) is 17.4. The highest BCUT2D eigenvalue weighted by atomic mass is 16.7. The summed E-state index contributed by atoms with van der Waals surface area (Å²) in [7, 11) is 1.58. The number of hydrogen-bond donors (Lipinski definition) is 2. The first-order valence-corrected chi connectivity index (χ1v) is 16.3. The van der Waals surface area contributed by atoms with Crippen molar-refractivity contribution in [2.75, 3.05) is 7.11 Å².